The maximum absolute atomic E-state index is 10.9. The first kappa shape index (κ1) is 17.6. The van der Waals surface area contributed by atoms with Gasteiger partial charge in [0.25, 0.3) is 0 Å². The van der Waals surface area contributed by atoms with Gasteiger partial charge in [-0.05, 0) is 37.9 Å². The van der Waals surface area contributed by atoms with Crippen molar-refractivity contribution in [1.29, 1.82) is 0 Å². The number of aromatic nitrogens is 1. The van der Waals surface area contributed by atoms with Crippen molar-refractivity contribution < 1.29 is 4.79 Å². The fourth-order valence-electron chi connectivity index (χ4n) is 1.49. The third-order valence-electron chi connectivity index (χ3n) is 3.22. The number of pyridine rings is 1. The first-order valence-corrected chi connectivity index (χ1v) is 6.66. The predicted octanol–water partition coefficient (Wildman–Crippen LogP) is 2.28. The lowest BCUT2D eigenvalue weighted by atomic mass is 9.83. The Morgan fingerprint density at radius 3 is 2.37 bits per heavy atom. The number of nitrogens with two attached hydrogens (primary N) is 1. The van der Waals surface area contributed by atoms with E-state index in [1.54, 1.807) is 13.2 Å². The predicted molar refractivity (Wildman–Crippen MR) is 79.7 cm³/mol. The number of hydrogen-bond acceptors (Lipinski definition) is 3. The fraction of sp³-hybridized carbons (Fsp3) is 0.600. The van der Waals surface area contributed by atoms with E-state index < -0.39 is 0 Å². The number of aryl methyl sites for hydroxylation is 1. The van der Waals surface area contributed by atoms with Crippen molar-refractivity contribution in [3.05, 3.63) is 30.1 Å². The van der Waals surface area contributed by atoms with Gasteiger partial charge in [-0.1, -0.05) is 33.3 Å². The molecule has 1 aromatic rings. The minimum Gasteiger partial charge on any atom is -0.368 e. The lowest BCUT2D eigenvalue weighted by molar-refractivity contribution is -0.120. The van der Waals surface area contributed by atoms with Gasteiger partial charge in [-0.2, -0.15) is 0 Å². The maximum Gasteiger partial charge on any atom is 0.234 e. The molecule has 0 saturated carbocycles. The van der Waals surface area contributed by atoms with Crippen LogP contribution in [0, 0.1) is 12.3 Å². The molecule has 1 aromatic heterocycles. The smallest absolute Gasteiger partial charge is 0.234 e. The molecule has 0 fully saturated rings. The average molecular weight is 265 g/mol. The molecule has 0 aliphatic rings. The molecule has 3 N–H and O–H groups in total. The second kappa shape index (κ2) is 8.64. The van der Waals surface area contributed by atoms with Crippen LogP contribution in [0.4, 0.5) is 0 Å². The van der Waals surface area contributed by atoms with Gasteiger partial charge < -0.3 is 11.1 Å². The number of amides is 1. The van der Waals surface area contributed by atoms with Crippen molar-refractivity contribution in [2.24, 2.45) is 11.1 Å². The van der Waals surface area contributed by atoms with Crippen LogP contribution < -0.4 is 11.1 Å². The number of primary amides is 1. The van der Waals surface area contributed by atoms with E-state index in [-0.39, 0.29) is 17.4 Å². The van der Waals surface area contributed by atoms with E-state index in [0.717, 1.165) is 18.5 Å². The summed E-state index contributed by atoms with van der Waals surface area (Å²) in [7, 11) is 1.77. The number of rotatable bonds is 5. The zero-order chi connectivity index (χ0) is 14.9. The Kier molecular flexibility index (Phi) is 8.00. The zero-order valence-electron chi connectivity index (χ0n) is 12.7. The van der Waals surface area contributed by atoms with E-state index >= 15 is 0 Å². The highest BCUT2D eigenvalue weighted by Gasteiger charge is 2.23. The van der Waals surface area contributed by atoms with E-state index in [2.05, 4.69) is 31.1 Å². The number of nitrogens with one attached hydrogen (secondary N) is 1. The van der Waals surface area contributed by atoms with Crippen LogP contribution >= 0.6 is 0 Å². The summed E-state index contributed by atoms with van der Waals surface area (Å²) in [6.07, 6.45) is 3.64. The van der Waals surface area contributed by atoms with Gasteiger partial charge in [0, 0.05) is 11.9 Å². The minimum atomic E-state index is -0.265. The Bertz CT molecular complexity index is 363. The topological polar surface area (TPSA) is 68.0 Å². The van der Waals surface area contributed by atoms with E-state index in [0.29, 0.717) is 0 Å². The first-order chi connectivity index (χ1) is 8.82. The lowest BCUT2D eigenvalue weighted by Gasteiger charge is -2.26. The summed E-state index contributed by atoms with van der Waals surface area (Å²) in [6.45, 7) is 8.37. The molecule has 1 atom stereocenters. The Morgan fingerprint density at radius 1 is 1.47 bits per heavy atom. The molecule has 1 heterocycles. The average Bonchev–Trinajstić information content (AvgIpc) is 2.37. The lowest BCUT2D eigenvalue weighted by Crippen LogP contribution is -2.42. The van der Waals surface area contributed by atoms with Gasteiger partial charge in [0.2, 0.25) is 5.91 Å². The molecule has 1 unspecified atom stereocenters. The van der Waals surface area contributed by atoms with Gasteiger partial charge in [-0.25, -0.2) is 0 Å². The van der Waals surface area contributed by atoms with Crippen molar-refractivity contribution in [2.45, 2.75) is 46.6 Å². The molecular weight excluding hydrogens is 238 g/mol. The van der Waals surface area contributed by atoms with Crippen LogP contribution in [0.25, 0.3) is 0 Å². The van der Waals surface area contributed by atoms with Crippen LogP contribution in [0.3, 0.4) is 0 Å². The number of carbonyl (C=O) groups is 1. The van der Waals surface area contributed by atoms with Crippen molar-refractivity contribution in [1.82, 2.24) is 10.3 Å². The van der Waals surface area contributed by atoms with Crippen LogP contribution in [-0.4, -0.2) is 24.0 Å². The minimum absolute atomic E-state index is 0.183. The van der Waals surface area contributed by atoms with Crippen LogP contribution in [-0.2, 0) is 4.79 Å². The Balaban J connectivity index is 0.000000388. The summed E-state index contributed by atoms with van der Waals surface area (Å²) in [4.78, 5) is 14.9. The number of likely N-dealkylation sites (N-methyl/N-ethyl adjacent to an activating group) is 1. The van der Waals surface area contributed by atoms with Gasteiger partial charge in [0.1, 0.15) is 0 Å². The summed E-state index contributed by atoms with van der Waals surface area (Å²) in [5, 5.41) is 2.92. The second-order valence-electron chi connectivity index (χ2n) is 5.44. The molecule has 4 heteroatoms. The van der Waals surface area contributed by atoms with Gasteiger partial charge in [0.05, 0.1) is 6.04 Å². The van der Waals surface area contributed by atoms with E-state index in [1.807, 2.05) is 25.1 Å². The molecule has 0 aliphatic carbocycles. The molecule has 108 valence electrons. The fourth-order valence-corrected chi connectivity index (χ4v) is 1.49. The molecule has 0 bridgehead atoms. The molecule has 1 rings (SSSR count). The number of hydrogen-bond donors (Lipinski definition) is 2. The molecule has 0 aliphatic heterocycles. The summed E-state index contributed by atoms with van der Waals surface area (Å²) in [5.74, 6) is -0.265. The van der Waals surface area contributed by atoms with Crippen molar-refractivity contribution in [3.8, 4) is 0 Å². The Morgan fingerprint density at radius 2 is 2.11 bits per heavy atom. The van der Waals surface area contributed by atoms with Gasteiger partial charge in [-0.3, -0.25) is 9.78 Å². The summed E-state index contributed by atoms with van der Waals surface area (Å²) in [6, 6.07) is 5.66. The normalized spacial score (nSPS) is 12.3. The Hall–Kier alpha value is -1.42. The van der Waals surface area contributed by atoms with Crippen LogP contribution in [0.2, 0.25) is 0 Å². The largest absolute Gasteiger partial charge is 0.368 e. The standard InChI is InChI=1S/C9H20N2O.C6H7N/c1-5-9(2,3)6-7(11-4)8(10)12;1-6-4-2-3-5-7-6/h7,11H,5-6H2,1-4H3,(H2,10,12);2-5H,1H3. The van der Waals surface area contributed by atoms with Gasteiger partial charge >= 0.3 is 0 Å². The highest BCUT2D eigenvalue weighted by molar-refractivity contribution is 5.79. The molecule has 0 aromatic carbocycles. The molecule has 4 nitrogen and oxygen atoms in total. The van der Waals surface area contributed by atoms with E-state index in [4.69, 9.17) is 5.73 Å². The summed E-state index contributed by atoms with van der Waals surface area (Å²) < 4.78 is 0. The quantitative estimate of drug-likeness (QED) is 0.858. The molecule has 0 saturated heterocycles. The van der Waals surface area contributed by atoms with Crippen LogP contribution in [0.5, 0.6) is 0 Å². The first-order valence-electron chi connectivity index (χ1n) is 6.66. The van der Waals surface area contributed by atoms with Crippen molar-refractivity contribution in [3.63, 3.8) is 0 Å². The monoisotopic (exact) mass is 265 g/mol. The molecule has 19 heavy (non-hydrogen) atoms. The van der Waals surface area contributed by atoms with Crippen molar-refractivity contribution in [2.75, 3.05) is 7.05 Å². The molecule has 0 radical (unpaired) electrons. The number of carbonyl (C=O) groups excluding carboxylic acids is 1. The number of nitrogens with zero attached hydrogens (tertiary/aromatic N) is 1. The molecular formula is C15H27N3O. The van der Waals surface area contributed by atoms with Gasteiger partial charge in [-0.15, -0.1) is 0 Å². The maximum atomic E-state index is 10.9. The Labute approximate surface area is 116 Å². The molecule has 0 spiro atoms. The third-order valence-corrected chi connectivity index (χ3v) is 3.22. The second-order valence-corrected chi connectivity index (χ2v) is 5.44. The highest BCUT2D eigenvalue weighted by Crippen LogP contribution is 2.25. The molecule has 1 amide bonds. The van der Waals surface area contributed by atoms with E-state index in [1.165, 1.54) is 0 Å². The highest BCUT2D eigenvalue weighted by atomic mass is 16.1. The van der Waals surface area contributed by atoms with E-state index in [9.17, 15) is 4.79 Å². The summed E-state index contributed by atoms with van der Waals surface area (Å²) >= 11 is 0. The van der Waals surface area contributed by atoms with Gasteiger partial charge in [0.15, 0.2) is 0 Å². The summed E-state index contributed by atoms with van der Waals surface area (Å²) in [5.41, 5.74) is 6.46. The SMILES string of the molecule is CCC(C)(C)CC(NC)C(N)=O.Cc1ccccn1. The third kappa shape index (κ3) is 8.32. The van der Waals surface area contributed by atoms with Crippen LogP contribution in [0.1, 0.15) is 39.3 Å². The van der Waals surface area contributed by atoms with Crippen molar-refractivity contribution >= 4 is 5.91 Å². The zero-order valence-corrected chi connectivity index (χ0v) is 12.7. The van der Waals surface area contributed by atoms with Crippen LogP contribution in [0.15, 0.2) is 24.4 Å².